The van der Waals surface area contributed by atoms with Crippen molar-refractivity contribution in [3.05, 3.63) is 82.9 Å². The van der Waals surface area contributed by atoms with Crippen LogP contribution in [0.3, 0.4) is 0 Å². The van der Waals surface area contributed by atoms with Crippen LogP contribution < -0.4 is 10.6 Å². The first kappa shape index (κ1) is 22.2. The van der Waals surface area contributed by atoms with Gasteiger partial charge in [0.25, 0.3) is 5.91 Å². The Bertz CT molecular complexity index is 1400. The summed E-state index contributed by atoms with van der Waals surface area (Å²) in [5.74, 6) is -0.313. The molecule has 174 valence electrons. The highest BCUT2D eigenvalue weighted by Crippen LogP contribution is 2.35. The zero-order valence-electron chi connectivity index (χ0n) is 17.7. The van der Waals surface area contributed by atoms with Gasteiger partial charge in [-0.1, -0.05) is 17.7 Å². The minimum atomic E-state index is -4.59. The van der Waals surface area contributed by atoms with Gasteiger partial charge in [0.1, 0.15) is 5.69 Å². The van der Waals surface area contributed by atoms with Gasteiger partial charge in [-0.15, -0.1) is 0 Å². The zero-order valence-corrected chi connectivity index (χ0v) is 18.5. The molecule has 0 bridgehead atoms. The lowest BCUT2D eigenvalue weighted by atomic mass is 9.99. The molecule has 0 saturated carbocycles. The number of halogens is 4. The van der Waals surface area contributed by atoms with Crippen molar-refractivity contribution in [1.82, 2.24) is 19.9 Å². The maximum absolute atomic E-state index is 13.4. The second-order valence-electron chi connectivity index (χ2n) is 8.10. The van der Waals surface area contributed by atoms with E-state index in [1.54, 1.807) is 22.8 Å². The quantitative estimate of drug-likeness (QED) is 0.381. The van der Waals surface area contributed by atoms with E-state index in [2.05, 4.69) is 20.7 Å². The second-order valence-corrected chi connectivity index (χ2v) is 8.54. The normalized spacial score (nSPS) is 16.5. The smallest absolute Gasteiger partial charge is 0.359 e. The standard InChI is InChI=1S/C24H19ClF3N5O/c25-14-7-8-19-18(10-14)20(13-22(31-19)24(26,27)28)29-15-4-3-5-16(11-15)30-23(34)21-12-17-6-1-2-9-33(17)32-21/h1-2,6-13,16H,3-5H2,(H,29,31)(H,30,34)/t16-/m1/s1. The highest BCUT2D eigenvalue weighted by atomic mass is 35.5. The average molecular weight is 486 g/mol. The third-order valence-electron chi connectivity index (χ3n) is 5.64. The number of rotatable bonds is 4. The van der Waals surface area contributed by atoms with Gasteiger partial charge in [0.15, 0.2) is 5.69 Å². The number of anilines is 1. The Morgan fingerprint density at radius 3 is 2.79 bits per heavy atom. The fourth-order valence-corrected chi connectivity index (χ4v) is 4.22. The maximum Gasteiger partial charge on any atom is 0.433 e. The van der Waals surface area contributed by atoms with E-state index < -0.39 is 11.9 Å². The van der Waals surface area contributed by atoms with Gasteiger partial charge in [-0.3, -0.25) is 4.79 Å². The third-order valence-corrected chi connectivity index (χ3v) is 5.87. The first-order valence-corrected chi connectivity index (χ1v) is 11.0. The molecule has 2 N–H and O–H groups in total. The summed E-state index contributed by atoms with van der Waals surface area (Å²) in [6, 6.07) is 12.5. The number of hydrogen-bond donors (Lipinski definition) is 2. The van der Waals surface area contributed by atoms with Crippen LogP contribution in [0.5, 0.6) is 0 Å². The van der Waals surface area contributed by atoms with E-state index in [1.807, 2.05) is 24.3 Å². The molecule has 5 rings (SSSR count). The van der Waals surface area contributed by atoms with Crippen molar-refractivity contribution in [2.45, 2.75) is 31.5 Å². The topological polar surface area (TPSA) is 71.3 Å². The summed E-state index contributed by atoms with van der Waals surface area (Å²) in [5, 5.41) is 11.2. The van der Waals surface area contributed by atoms with Crippen LogP contribution >= 0.6 is 11.6 Å². The number of benzene rings is 1. The lowest BCUT2D eigenvalue weighted by Gasteiger charge is -2.23. The number of carbonyl (C=O) groups excluding carboxylic acids is 1. The van der Waals surface area contributed by atoms with E-state index >= 15 is 0 Å². The van der Waals surface area contributed by atoms with Crippen LogP contribution in [0.2, 0.25) is 5.02 Å². The predicted octanol–water partition coefficient (Wildman–Crippen LogP) is 5.83. The van der Waals surface area contributed by atoms with Crippen LogP contribution in [0.15, 0.2) is 66.5 Å². The van der Waals surface area contributed by atoms with Gasteiger partial charge in [-0.2, -0.15) is 18.3 Å². The molecule has 1 atom stereocenters. The first-order chi connectivity index (χ1) is 16.3. The molecule has 1 aliphatic rings. The van der Waals surface area contributed by atoms with Gasteiger partial charge in [0.05, 0.1) is 11.0 Å². The van der Waals surface area contributed by atoms with E-state index in [-0.39, 0.29) is 23.2 Å². The van der Waals surface area contributed by atoms with E-state index in [0.29, 0.717) is 34.6 Å². The minimum absolute atomic E-state index is 0.190. The molecule has 0 spiro atoms. The highest BCUT2D eigenvalue weighted by Gasteiger charge is 2.33. The van der Waals surface area contributed by atoms with Crippen molar-refractivity contribution in [2.75, 3.05) is 5.32 Å². The van der Waals surface area contributed by atoms with E-state index in [9.17, 15) is 18.0 Å². The van der Waals surface area contributed by atoms with Crippen LogP contribution in [0.25, 0.3) is 16.4 Å². The summed E-state index contributed by atoms with van der Waals surface area (Å²) < 4.78 is 41.9. The SMILES string of the molecule is O=C(N[C@H]1C=C(Nc2cc(C(F)(F)F)nc3ccc(Cl)cc23)CCC1)c1cc2ccccn2n1. The van der Waals surface area contributed by atoms with E-state index in [0.717, 1.165) is 18.0 Å². The molecule has 3 heterocycles. The van der Waals surface area contributed by atoms with Crippen molar-refractivity contribution in [3.63, 3.8) is 0 Å². The second kappa shape index (κ2) is 8.64. The molecule has 10 heteroatoms. The van der Waals surface area contributed by atoms with Crippen molar-refractivity contribution in [3.8, 4) is 0 Å². The largest absolute Gasteiger partial charge is 0.433 e. The van der Waals surface area contributed by atoms with Crippen molar-refractivity contribution < 1.29 is 18.0 Å². The van der Waals surface area contributed by atoms with Crippen molar-refractivity contribution in [1.29, 1.82) is 0 Å². The Kier molecular flexibility index (Phi) is 5.65. The Hall–Kier alpha value is -3.59. The van der Waals surface area contributed by atoms with Crippen LogP contribution in [-0.4, -0.2) is 26.5 Å². The van der Waals surface area contributed by atoms with Gasteiger partial charge in [0.2, 0.25) is 0 Å². The number of nitrogens with zero attached hydrogens (tertiary/aromatic N) is 3. The number of nitrogens with one attached hydrogen (secondary N) is 2. The monoisotopic (exact) mass is 485 g/mol. The molecule has 0 unspecified atom stereocenters. The average Bonchev–Trinajstić information content (AvgIpc) is 3.23. The van der Waals surface area contributed by atoms with Gasteiger partial charge >= 0.3 is 6.18 Å². The fraction of sp³-hybridized carbons (Fsp3) is 0.208. The number of fused-ring (bicyclic) bond motifs is 2. The summed E-state index contributed by atoms with van der Waals surface area (Å²) in [6.07, 6.45) is 1.10. The number of amides is 1. The Morgan fingerprint density at radius 2 is 2.00 bits per heavy atom. The number of carbonyl (C=O) groups is 1. The molecule has 0 fully saturated rings. The number of hydrogen-bond acceptors (Lipinski definition) is 4. The summed E-state index contributed by atoms with van der Waals surface area (Å²) in [4.78, 5) is 16.5. The van der Waals surface area contributed by atoms with Gasteiger partial charge in [0, 0.05) is 34.0 Å². The molecular formula is C24H19ClF3N5O. The Labute approximate surface area is 197 Å². The van der Waals surface area contributed by atoms with Crippen molar-refractivity contribution in [2.24, 2.45) is 0 Å². The predicted molar refractivity (Wildman–Crippen MR) is 124 cm³/mol. The van der Waals surface area contributed by atoms with Crippen LogP contribution in [0.4, 0.5) is 18.9 Å². The summed E-state index contributed by atoms with van der Waals surface area (Å²) >= 11 is 6.08. The molecule has 0 aliphatic heterocycles. The zero-order chi connectivity index (χ0) is 23.9. The first-order valence-electron chi connectivity index (χ1n) is 10.7. The number of alkyl halides is 3. The van der Waals surface area contributed by atoms with E-state index in [1.165, 1.54) is 12.1 Å². The van der Waals surface area contributed by atoms with Gasteiger partial charge in [-0.25, -0.2) is 9.50 Å². The number of pyridine rings is 2. The maximum atomic E-state index is 13.4. The number of aromatic nitrogens is 3. The summed E-state index contributed by atoms with van der Waals surface area (Å²) in [6.45, 7) is 0. The minimum Gasteiger partial charge on any atom is -0.359 e. The van der Waals surface area contributed by atoms with E-state index in [4.69, 9.17) is 11.6 Å². The molecule has 1 aliphatic carbocycles. The van der Waals surface area contributed by atoms with Crippen LogP contribution in [0, 0.1) is 0 Å². The molecule has 6 nitrogen and oxygen atoms in total. The lowest BCUT2D eigenvalue weighted by Crippen LogP contribution is -2.35. The summed E-state index contributed by atoms with van der Waals surface area (Å²) in [5.41, 5.74) is 1.28. The molecule has 1 amide bonds. The highest BCUT2D eigenvalue weighted by molar-refractivity contribution is 6.31. The molecule has 0 radical (unpaired) electrons. The molecule has 0 saturated heterocycles. The number of allylic oxidation sites excluding steroid dienone is 1. The third kappa shape index (κ3) is 4.56. The van der Waals surface area contributed by atoms with Gasteiger partial charge < -0.3 is 10.6 Å². The summed E-state index contributed by atoms with van der Waals surface area (Å²) in [7, 11) is 0. The lowest BCUT2D eigenvalue weighted by molar-refractivity contribution is -0.140. The molecule has 3 aromatic heterocycles. The van der Waals surface area contributed by atoms with Crippen LogP contribution in [-0.2, 0) is 6.18 Å². The molecule has 1 aromatic carbocycles. The van der Waals surface area contributed by atoms with Crippen LogP contribution in [0.1, 0.15) is 35.4 Å². The molecule has 34 heavy (non-hydrogen) atoms. The fourth-order valence-electron chi connectivity index (χ4n) is 4.05. The van der Waals surface area contributed by atoms with Crippen molar-refractivity contribution >= 4 is 39.6 Å². The Balaban J connectivity index is 1.40. The molecule has 4 aromatic rings. The molecular weight excluding hydrogens is 467 g/mol. The van der Waals surface area contributed by atoms with Gasteiger partial charge in [-0.05, 0) is 67.8 Å². The Morgan fingerprint density at radius 1 is 1.15 bits per heavy atom.